The van der Waals surface area contributed by atoms with E-state index in [1.165, 1.54) is 29.5 Å². The maximum atomic E-state index is 13.2. The second-order valence-corrected chi connectivity index (χ2v) is 5.27. The van der Waals surface area contributed by atoms with Crippen molar-refractivity contribution in [1.29, 1.82) is 0 Å². The van der Waals surface area contributed by atoms with Crippen LogP contribution in [0.4, 0.5) is 21.5 Å². The van der Waals surface area contributed by atoms with Gasteiger partial charge in [-0.1, -0.05) is 11.6 Å². The van der Waals surface area contributed by atoms with Crippen LogP contribution in [0.25, 0.3) is 10.2 Å². The van der Waals surface area contributed by atoms with E-state index in [4.69, 9.17) is 17.3 Å². The quantitative estimate of drug-likeness (QED) is 0.688. The van der Waals surface area contributed by atoms with Crippen LogP contribution in [0.2, 0.25) is 5.02 Å². The Morgan fingerprint density at radius 2 is 2.05 bits per heavy atom. The molecule has 96 valence electrons. The van der Waals surface area contributed by atoms with Gasteiger partial charge in [0.2, 0.25) is 0 Å². The molecule has 0 bridgehead atoms. The van der Waals surface area contributed by atoms with Crippen molar-refractivity contribution in [2.75, 3.05) is 11.1 Å². The molecule has 0 aliphatic rings. The summed E-state index contributed by atoms with van der Waals surface area (Å²) < 4.78 is 14.2. The van der Waals surface area contributed by atoms with Crippen molar-refractivity contribution >= 4 is 50.2 Å². The predicted molar refractivity (Wildman–Crippen MR) is 78.7 cm³/mol. The summed E-state index contributed by atoms with van der Waals surface area (Å²) in [6, 6.07) is 7.88. The lowest BCUT2D eigenvalue weighted by molar-refractivity contribution is 0.628. The largest absolute Gasteiger partial charge is 0.395 e. The van der Waals surface area contributed by atoms with E-state index in [1.807, 2.05) is 12.1 Å². The van der Waals surface area contributed by atoms with E-state index in [1.54, 1.807) is 5.51 Å². The molecule has 0 radical (unpaired) electrons. The monoisotopic (exact) mass is 293 g/mol. The van der Waals surface area contributed by atoms with Crippen molar-refractivity contribution in [3.05, 3.63) is 46.7 Å². The van der Waals surface area contributed by atoms with Gasteiger partial charge in [0.1, 0.15) is 11.3 Å². The highest BCUT2D eigenvalue weighted by Gasteiger charge is 2.09. The molecule has 0 saturated carbocycles. The number of thiazole rings is 1. The summed E-state index contributed by atoms with van der Waals surface area (Å²) in [6.45, 7) is 0. The van der Waals surface area contributed by atoms with Gasteiger partial charge in [0.25, 0.3) is 0 Å². The smallest absolute Gasteiger partial charge is 0.125 e. The fourth-order valence-electron chi connectivity index (χ4n) is 1.80. The lowest BCUT2D eigenvalue weighted by Crippen LogP contribution is -1.98. The van der Waals surface area contributed by atoms with E-state index in [0.717, 1.165) is 10.2 Å². The number of rotatable bonds is 2. The van der Waals surface area contributed by atoms with Crippen molar-refractivity contribution in [2.45, 2.75) is 0 Å². The second-order valence-electron chi connectivity index (χ2n) is 3.98. The molecule has 3 nitrogen and oxygen atoms in total. The summed E-state index contributed by atoms with van der Waals surface area (Å²) in [7, 11) is 0. The predicted octanol–water partition coefficient (Wildman–Crippen LogP) is 4.41. The highest BCUT2D eigenvalue weighted by Crippen LogP contribution is 2.34. The van der Waals surface area contributed by atoms with Crippen LogP contribution in [0.1, 0.15) is 0 Å². The number of halogens is 2. The Labute approximate surface area is 117 Å². The Kier molecular flexibility index (Phi) is 3.00. The van der Waals surface area contributed by atoms with Gasteiger partial charge in [-0.25, -0.2) is 9.37 Å². The molecule has 3 N–H and O–H groups in total. The summed E-state index contributed by atoms with van der Waals surface area (Å²) in [4.78, 5) is 4.21. The third-order valence-electron chi connectivity index (χ3n) is 2.74. The van der Waals surface area contributed by atoms with Gasteiger partial charge in [-0.05, 0) is 30.3 Å². The molecule has 19 heavy (non-hydrogen) atoms. The van der Waals surface area contributed by atoms with Gasteiger partial charge in [0, 0.05) is 0 Å². The number of hydrogen-bond donors (Lipinski definition) is 2. The van der Waals surface area contributed by atoms with E-state index < -0.39 is 0 Å². The highest BCUT2D eigenvalue weighted by atomic mass is 35.5. The van der Waals surface area contributed by atoms with Crippen LogP contribution < -0.4 is 11.1 Å². The van der Waals surface area contributed by atoms with E-state index in [2.05, 4.69) is 10.3 Å². The van der Waals surface area contributed by atoms with Crippen LogP contribution in [-0.2, 0) is 0 Å². The van der Waals surface area contributed by atoms with Gasteiger partial charge in [-0.2, -0.15) is 0 Å². The number of nitrogens with one attached hydrogen (secondary N) is 1. The lowest BCUT2D eigenvalue weighted by Gasteiger charge is -2.11. The number of anilines is 3. The zero-order chi connectivity index (χ0) is 13.4. The lowest BCUT2D eigenvalue weighted by atomic mass is 10.2. The molecule has 1 heterocycles. The number of aromatic nitrogens is 1. The molecule has 3 rings (SSSR count). The average molecular weight is 294 g/mol. The summed E-state index contributed by atoms with van der Waals surface area (Å²) >= 11 is 7.53. The average Bonchev–Trinajstić information content (AvgIpc) is 2.86. The third-order valence-corrected chi connectivity index (χ3v) is 3.86. The molecule has 0 aliphatic heterocycles. The highest BCUT2D eigenvalue weighted by molar-refractivity contribution is 7.16. The first-order chi connectivity index (χ1) is 9.15. The molecule has 6 heteroatoms. The van der Waals surface area contributed by atoms with Gasteiger partial charge in [-0.3, -0.25) is 0 Å². The summed E-state index contributed by atoms with van der Waals surface area (Å²) in [5.74, 6) is -0.361. The van der Waals surface area contributed by atoms with E-state index in [0.29, 0.717) is 22.1 Å². The Morgan fingerprint density at radius 1 is 1.21 bits per heavy atom. The number of nitrogens with zero attached hydrogens (tertiary/aromatic N) is 1. The summed E-state index contributed by atoms with van der Waals surface area (Å²) in [5, 5.41) is 3.46. The molecule has 1 aromatic heterocycles. The summed E-state index contributed by atoms with van der Waals surface area (Å²) in [5.41, 5.74) is 10.2. The molecule has 0 saturated heterocycles. The first-order valence-corrected chi connectivity index (χ1v) is 6.74. The number of benzene rings is 2. The fourth-order valence-corrected chi connectivity index (χ4v) is 2.66. The molecule has 0 unspecified atom stereocenters. The second kappa shape index (κ2) is 4.68. The van der Waals surface area contributed by atoms with Gasteiger partial charge >= 0.3 is 0 Å². The van der Waals surface area contributed by atoms with Crippen molar-refractivity contribution < 1.29 is 4.39 Å². The van der Waals surface area contributed by atoms with Crippen LogP contribution in [-0.4, -0.2) is 4.98 Å². The minimum absolute atomic E-state index is 0.361. The fraction of sp³-hybridized carbons (Fsp3) is 0. The Hall–Kier alpha value is -1.85. The minimum atomic E-state index is -0.361. The van der Waals surface area contributed by atoms with E-state index in [9.17, 15) is 4.39 Å². The van der Waals surface area contributed by atoms with Crippen LogP contribution in [0.3, 0.4) is 0 Å². The molecule has 3 aromatic rings. The van der Waals surface area contributed by atoms with E-state index in [-0.39, 0.29) is 5.82 Å². The standard InChI is InChI=1S/C13H9ClFN3S/c14-8-2-1-7(15)5-10(8)18-9-3-4-11-13(12(9)16)17-6-19-11/h1-6,18H,16H2. The zero-order valence-electron chi connectivity index (χ0n) is 9.65. The first-order valence-electron chi connectivity index (χ1n) is 5.49. The van der Waals surface area contributed by atoms with Crippen LogP contribution in [0.15, 0.2) is 35.8 Å². The maximum absolute atomic E-state index is 13.2. The molecule has 0 spiro atoms. The van der Waals surface area contributed by atoms with Gasteiger partial charge in [0.15, 0.2) is 0 Å². The first kappa shape index (κ1) is 12.2. The van der Waals surface area contributed by atoms with E-state index >= 15 is 0 Å². The van der Waals surface area contributed by atoms with Crippen LogP contribution in [0, 0.1) is 5.82 Å². The van der Waals surface area contributed by atoms with Crippen molar-refractivity contribution in [1.82, 2.24) is 4.98 Å². The molecule has 0 aliphatic carbocycles. The zero-order valence-corrected chi connectivity index (χ0v) is 11.2. The molecule has 0 fully saturated rings. The van der Waals surface area contributed by atoms with Gasteiger partial charge < -0.3 is 11.1 Å². The third kappa shape index (κ3) is 2.22. The molecular weight excluding hydrogens is 285 g/mol. The van der Waals surface area contributed by atoms with Crippen LogP contribution >= 0.6 is 22.9 Å². The molecular formula is C13H9ClFN3S. The number of fused-ring (bicyclic) bond motifs is 1. The molecule has 0 amide bonds. The topological polar surface area (TPSA) is 50.9 Å². The Morgan fingerprint density at radius 3 is 2.89 bits per heavy atom. The Balaban J connectivity index is 2.05. The van der Waals surface area contributed by atoms with Crippen LogP contribution in [0.5, 0.6) is 0 Å². The minimum Gasteiger partial charge on any atom is -0.395 e. The van der Waals surface area contributed by atoms with Gasteiger partial charge in [-0.15, -0.1) is 11.3 Å². The molecule has 0 atom stereocenters. The number of nitrogens with two attached hydrogens (primary N) is 1. The maximum Gasteiger partial charge on any atom is 0.125 e. The van der Waals surface area contributed by atoms with Crippen molar-refractivity contribution in [3.63, 3.8) is 0 Å². The number of hydrogen-bond acceptors (Lipinski definition) is 4. The normalized spacial score (nSPS) is 10.8. The SMILES string of the molecule is Nc1c(Nc2cc(F)ccc2Cl)ccc2scnc12. The van der Waals surface area contributed by atoms with Gasteiger partial charge in [0.05, 0.1) is 32.3 Å². The Bertz CT molecular complexity index is 757. The molecule has 2 aromatic carbocycles. The number of nitrogen functional groups attached to an aromatic ring is 1. The van der Waals surface area contributed by atoms with Crippen molar-refractivity contribution in [2.24, 2.45) is 0 Å². The van der Waals surface area contributed by atoms with Crippen molar-refractivity contribution in [3.8, 4) is 0 Å². The summed E-state index contributed by atoms with van der Waals surface area (Å²) in [6.07, 6.45) is 0.